The van der Waals surface area contributed by atoms with Crippen molar-refractivity contribution in [3.8, 4) is 28.7 Å². The molecule has 4 rings (SSSR count). The van der Waals surface area contributed by atoms with Crippen molar-refractivity contribution in [3.05, 3.63) is 55.0 Å². The molecule has 0 aliphatic rings. The molecule has 112 valence electrons. The molecule has 3 heterocycles. The second kappa shape index (κ2) is 5.49. The number of methoxy groups -OCH3 is 1. The Morgan fingerprint density at radius 3 is 2.83 bits per heavy atom. The third-order valence-electron chi connectivity index (χ3n) is 3.50. The fourth-order valence-corrected chi connectivity index (χ4v) is 2.36. The summed E-state index contributed by atoms with van der Waals surface area (Å²) in [4.78, 5) is 20.8. The van der Waals surface area contributed by atoms with Gasteiger partial charge in [-0.3, -0.25) is 4.98 Å². The van der Waals surface area contributed by atoms with E-state index in [-0.39, 0.29) is 0 Å². The summed E-state index contributed by atoms with van der Waals surface area (Å²) in [7, 11) is 1.61. The van der Waals surface area contributed by atoms with Crippen LogP contribution in [0, 0.1) is 0 Å². The van der Waals surface area contributed by atoms with Crippen molar-refractivity contribution in [1.29, 1.82) is 0 Å². The number of H-pyrrole nitrogens is 1. The average molecular weight is 303 g/mol. The van der Waals surface area contributed by atoms with Crippen LogP contribution in [-0.4, -0.2) is 32.0 Å². The molecule has 0 bridgehead atoms. The van der Waals surface area contributed by atoms with Gasteiger partial charge in [0.05, 0.1) is 30.0 Å². The number of benzene rings is 1. The molecule has 6 heteroatoms. The van der Waals surface area contributed by atoms with Crippen LogP contribution in [0.15, 0.2) is 55.0 Å². The molecule has 0 aliphatic carbocycles. The Bertz CT molecular complexity index is 946. The molecule has 0 radical (unpaired) electrons. The van der Waals surface area contributed by atoms with Gasteiger partial charge in [-0.25, -0.2) is 15.0 Å². The van der Waals surface area contributed by atoms with Crippen molar-refractivity contribution in [2.75, 3.05) is 7.11 Å². The third kappa shape index (κ3) is 2.50. The minimum absolute atomic E-state index is 0.543. The van der Waals surface area contributed by atoms with Crippen LogP contribution in [0.3, 0.4) is 0 Å². The van der Waals surface area contributed by atoms with Crippen LogP contribution in [0.1, 0.15) is 0 Å². The molecule has 0 amide bonds. The number of aromatic amines is 1. The van der Waals surface area contributed by atoms with E-state index in [2.05, 4.69) is 24.9 Å². The molecular formula is C17H13N5O. The second-order valence-corrected chi connectivity index (χ2v) is 4.98. The summed E-state index contributed by atoms with van der Waals surface area (Å²) in [5, 5.41) is 0. The van der Waals surface area contributed by atoms with Gasteiger partial charge in [0.25, 0.3) is 0 Å². The van der Waals surface area contributed by atoms with Crippen molar-refractivity contribution >= 4 is 11.0 Å². The fourth-order valence-electron chi connectivity index (χ4n) is 2.36. The largest absolute Gasteiger partial charge is 0.495 e. The van der Waals surface area contributed by atoms with E-state index in [1.807, 2.05) is 36.4 Å². The van der Waals surface area contributed by atoms with E-state index in [0.717, 1.165) is 22.3 Å². The Morgan fingerprint density at radius 2 is 1.96 bits per heavy atom. The molecule has 0 saturated heterocycles. The van der Waals surface area contributed by atoms with Crippen LogP contribution in [0.25, 0.3) is 33.9 Å². The first-order valence-corrected chi connectivity index (χ1v) is 7.11. The number of fused-ring (bicyclic) bond motifs is 1. The Labute approximate surface area is 132 Å². The SMILES string of the molecule is COc1cncc(-c2ccnc(-c3nc4ccccc4[nH]3)n2)c1. The van der Waals surface area contributed by atoms with Crippen molar-refractivity contribution < 1.29 is 4.74 Å². The molecule has 0 unspecified atom stereocenters. The first-order valence-electron chi connectivity index (χ1n) is 7.11. The highest BCUT2D eigenvalue weighted by molar-refractivity contribution is 5.78. The van der Waals surface area contributed by atoms with Gasteiger partial charge in [-0.1, -0.05) is 12.1 Å². The van der Waals surface area contributed by atoms with Crippen LogP contribution in [0.2, 0.25) is 0 Å². The lowest BCUT2D eigenvalue weighted by atomic mass is 10.2. The molecule has 3 aromatic heterocycles. The minimum atomic E-state index is 0.543. The average Bonchev–Trinajstić information content (AvgIpc) is 3.06. The van der Waals surface area contributed by atoms with Crippen LogP contribution in [-0.2, 0) is 0 Å². The Kier molecular flexibility index (Phi) is 3.20. The van der Waals surface area contributed by atoms with E-state index >= 15 is 0 Å². The first-order chi connectivity index (χ1) is 11.3. The maximum Gasteiger partial charge on any atom is 0.196 e. The van der Waals surface area contributed by atoms with Crippen molar-refractivity contribution in [2.24, 2.45) is 0 Å². The highest BCUT2D eigenvalue weighted by Crippen LogP contribution is 2.23. The van der Waals surface area contributed by atoms with E-state index in [1.165, 1.54) is 0 Å². The maximum absolute atomic E-state index is 5.21. The third-order valence-corrected chi connectivity index (χ3v) is 3.50. The van der Waals surface area contributed by atoms with Gasteiger partial charge >= 0.3 is 0 Å². The summed E-state index contributed by atoms with van der Waals surface area (Å²) in [5.74, 6) is 1.87. The molecule has 0 fully saturated rings. The zero-order valence-corrected chi connectivity index (χ0v) is 12.4. The van der Waals surface area contributed by atoms with Crippen LogP contribution in [0.5, 0.6) is 5.75 Å². The molecular weight excluding hydrogens is 290 g/mol. The van der Waals surface area contributed by atoms with E-state index in [1.54, 1.807) is 25.7 Å². The maximum atomic E-state index is 5.21. The number of ether oxygens (including phenoxy) is 1. The Balaban J connectivity index is 1.78. The van der Waals surface area contributed by atoms with E-state index in [9.17, 15) is 0 Å². The molecule has 23 heavy (non-hydrogen) atoms. The minimum Gasteiger partial charge on any atom is -0.495 e. The zero-order valence-electron chi connectivity index (χ0n) is 12.4. The van der Waals surface area contributed by atoms with E-state index < -0.39 is 0 Å². The second-order valence-electron chi connectivity index (χ2n) is 4.98. The molecule has 1 N–H and O–H groups in total. The van der Waals surface area contributed by atoms with Crippen LogP contribution < -0.4 is 4.74 Å². The number of aromatic nitrogens is 5. The normalized spacial score (nSPS) is 10.8. The first kappa shape index (κ1) is 13.4. The van der Waals surface area contributed by atoms with Crippen molar-refractivity contribution in [1.82, 2.24) is 24.9 Å². The molecule has 0 spiro atoms. The molecule has 1 aromatic carbocycles. The summed E-state index contributed by atoms with van der Waals surface area (Å²) in [5.41, 5.74) is 3.48. The molecule has 4 aromatic rings. The summed E-state index contributed by atoms with van der Waals surface area (Å²) in [6.07, 6.45) is 5.11. The lowest BCUT2D eigenvalue weighted by Gasteiger charge is -2.04. The predicted molar refractivity (Wildman–Crippen MR) is 86.9 cm³/mol. The summed E-state index contributed by atoms with van der Waals surface area (Å²) >= 11 is 0. The smallest absolute Gasteiger partial charge is 0.196 e. The Hall–Kier alpha value is -3.28. The summed E-state index contributed by atoms with van der Waals surface area (Å²) < 4.78 is 5.21. The van der Waals surface area contributed by atoms with Gasteiger partial charge in [0, 0.05) is 18.0 Å². The summed E-state index contributed by atoms with van der Waals surface area (Å²) in [6.45, 7) is 0. The van der Waals surface area contributed by atoms with Crippen molar-refractivity contribution in [3.63, 3.8) is 0 Å². The van der Waals surface area contributed by atoms with Gasteiger partial charge in [-0.15, -0.1) is 0 Å². The van der Waals surface area contributed by atoms with Gasteiger partial charge in [-0.05, 0) is 24.3 Å². The predicted octanol–water partition coefficient (Wildman–Crippen LogP) is 3.09. The number of imidazole rings is 1. The number of rotatable bonds is 3. The lowest BCUT2D eigenvalue weighted by molar-refractivity contribution is 0.413. The summed E-state index contributed by atoms with van der Waals surface area (Å²) in [6, 6.07) is 11.6. The van der Waals surface area contributed by atoms with Gasteiger partial charge < -0.3 is 9.72 Å². The van der Waals surface area contributed by atoms with E-state index in [0.29, 0.717) is 17.4 Å². The van der Waals surface area contributed by atoms with Crippen LogP contribution >= 0.6 is 0 Å². The topological polar surface area (TPSA) is 76.6 Å². The number of para-hydroxylation sites is 2. The fraction of sp³-hybridized carbons (Fsp3) is 0.0588. The quantitative estimate of drug-likeness (QED) is 0.629. The number of hydrogen-bond donors (Lipinski definition) is 1. The van der Waals surface area contributed by atoms with Crippen molar-refractivity contribution in [2.45, 2.75) is 0 Å². The Morgan fingerprint density at radius 1 is 1.04 bits per heavy atom. The van der Waals surface area contributed by atoms with Crippen LogP contribution in [0.4, 0.5) is 0 Å². The number of nitrogens with zero attached hydrogens (tertiary/aromatic N) is 4. The van der Waals surface area contributed by atoms with Gasteiger partial charge in [0.2, 0.25) is 0 Å². The highest BCUT2D eigenvalue weighted by Gasteiger charge is 2.10. The number of nitrogens with one attached hydrogen (secondary N) is 1. The number of pyridine rings is 1. The highest BCUT2D eigenvalue weighted by atomic mass is 16.5. The number of hydrogen-bond acceptors (Lipinski definition) is 5. The lowest BCUT2D eigenvalue weighted by Crippen LogP contribution is -1.94. The van der Waals surface area contributed by atoms with E-state index in [4.69, 9.17) is 4.74 Å². The molecule has 6 nitrogen and oxygen atoms in total. The standard InChI is InChI=1S/C17H13N5O/c1-23-12-8-11(9-18-10-12)13-6-7-19-16(20-13)17-21-14-4-2-3-5-15(14)22-17/h2-10H,1H3,(H,21,22). The van der Waals surface area contributed by atoms with Gasteiger partial charge in [0.1, 0.15) is 5.75 Å². The molecule has 0 saturated carbocycles. The zero-order chi connectivity index (χ0) is 15.6. The van der Waals surface area contributed by atoms with Gasteiger partial charge in [-0.2, -0.15) is 0 Å². The molecule has 0 atom stereocenters. The molecule has 0 aliphatic heterocycles. The monoisotopic (exact) mass is 303 g/mol. The van der Waals surface area contributed by atoms with Gasteiger partial charge in [0.15, 0.2) is 11.6 Å².